The highest BCUT2D eigenvalue weighted by molar-refractivity contribution is 7.22. The average molecular weight is 277 g/mol. The van der Waals surface area contributed by atoms with Crippen molar-refractivity contribution in [1.82, 2.24) is 10.3 Å². The van der Waals surface area contributed by atoms with Gasteiger partial charge >= 0.3 is 0 Å². The Balaban J connectivity index is 1.83. The van der Waals surface area contributed by atoms with Crippen LogP contribution in [0.5, 0.6) is 5.75 Å². The van der Waals surface area contributed by atoms with Crippen molar-refractivity contribution in [3.05, 3.63) is 18.2 Å². The lowest BCUT2D eigenvalue weighted by Gasteiger charge is -2.26. The van der Waals surface area contributed by atoms with E-state index in [1.165, 1.54) is 4.70 Å². The topological polar surface area (TPSA) is 37.4 Å². The van der Waals surface area contributed by atoms with E-state index in [4.69, 9.17) is 9.72 Å². The summed E-state index contributed by atoms with van der Waals surface area (Å²) in [4.78, 5) is 7.07. The van der Waals surface area contributed by atoms with E-state index < -0.39 is 0 Å². The molecule has 0 unspecified atom stereocenters. The molecule has 1 N–H and O–H groups in total. The third-order valence-corrected chi connectivity index (χ3v) is 4.29. The summed E-state index contributed by atoms with van der Waals surface area (Å²) in [6.45, 7) is 7.06. The van der Waals surface area contributed by atoms with Crippen LogP contribution in [-0.4, -0.2) is 37.8 Å². The number of benzene rings is 1. The largest absolute Gasteiger partial charge is 0.494 e. The lowest BCUT2D eigenvalue weighted by molar-refractivity contribution is 0.318. The van der Waals surface area contributed by atoms with Gasteiger partial charge in [0.15, 0.2) is 5.13 Å². The second-order valence-electron chi connectivity index (χ2n) is 4.71. The Labute approximate surface area is 117 Å². The van der Waals surface area contributed by atoms with Gasteiger partial charge in [0.1, 0.15) is 5.75 Å². The van der Waals surface area contributed by atoms with E-state index in [2.05, 4.69) is 29.3 Å². The first-order valence-corrected chi connectivity index (χ1v) is 7.67. The SMILES string of the molecule is CCCOc1ccc2nc(N3CCNCC3)sc2c1. The van der Waals surface area contributed by atoms with Crippen molar-refractivity contribution in [2.24, 2.45) is 0 Å². The molecule has 0 spiro atoms. The molecule has 0 atom stereocenters. The van der Waals surface area contributed by atoms with E-state index in [0.717, 1.165) is 55.6 Å². The second kappa shape index (κ2) is 5.75. The van der Waals surface area contributed by atoms with Gasteiger partial charge in [-0.3, -0.25) is 0 Å². The number of piperazine rings is 1. The number of hydrogen-bond acceptors (Lipinski definition) is 5. The monoisotopic (exact) mass is 277 g/mol. The maximum absolute atomic E-state index is 5.67. The molecule has 1 aromatic carbocycles. The molecule has 1 saturated heterocycles. The summed E-state index contributed by atoms with van der Waals surface area (Å²) in [5.74, 6) is 0.949. The van der Waals surface area contributed by atoms with Crippen molar-refractivity contribution in [1.29, 1.82) is 0 Å². The molecule has 2 aromatic rings. The summed E-state index contributed by atoms with van der Waals surface area (Å²) in [6.07, 6.45) is 1.03. The summed E-state index contributed by atoms with van der Waals surface area (Å²) in [5.41, 5.74) is 1.07. The van der Waals surface area contributed by atoms with E-state index >= 15 is 0 Å². The van der Waals surface area contributed by atoms with Crippen LogP contribution < -0.4 is 15.0 Å². The smallest absolute Gasteiger partial charge is 0.186 e. The molecule has 0 saturated carbocycles. The predicted molar refractivity (Wildman–Crippen MR) is 80.5 cm³/mol. The van der Waals surface area contributed by atoms with Gasteiger partial charge in [-0.05, 0) is 24.6 Å². The summed E-state index contributed by atoms with van der Waals surface area (Å²) < 4.78 is 6.88. The van der Waals surface area contributed by atoms with Crippen molar-refractivity contribution in [3.8, 4) is 5.75 Å². The van der Waals surface area contributed by atoms with Crippen molar-refractivity contribution < 1.29 is 4.74 Å². The van der Waals surface area contributed by atoms with Gasteiger partial charge in [-0.25, -0.2) is 4.98 Å². The minimum absolute atomic E-state index is 0.773. The fourth-order valence-electron chi connectivity index (χ4n) is 2.19. The van der Waals surface area contributed by atoms with E-state index in [1.807, 2.05) is 6.07 Å². The van der Waals surface area contributed by atoms with Crippen molar-refractivity contribution in [2.45, 2.75) is 13.3 Å². The third kappa shape index (κ3) is 2.82. The van der Waals surface area contributed by atoms with Crippen LogP contribution in [0.4, 0.5) is 5.13 Å². The molecule has 1 aromatic heterocycles. The first kappa shape index (κ1) is 12.7. The first-order valence-electron chi connectivity index (χ1n) is 6.86. The highest BCUT2D eigenvalue weighted by atomic mass is 32.1. The number of anilines is 1. The number of fused-ring (bicyclic) bond motifs is 1. The highest BCUT2D eigenvalue weighted by Gasteiger charge is 2.14. The Bertz CT molecular complexity index is 549. The second-order valence-corrected chi connectivity index (χ2v) is 5.72. The predicted octanol–water partition coefficient (Wildman–Crippen LogP) is 2.49. The van der Waals surface area contributed by atoms with Gasteiger partial charge in [-0.1, -0.05) is 18.3 Å². The number of rotatable bonds is 4. The Morgan fingerprint density at radius 1 is 1.37 bits per heavy atom. The van der Waals surface area contributed by atoms with Gasteiger partial charge in [-0.15, -0.1) is 0 Å². The summed E-state index contributed by atoms with van der Waals surface area (Å²) >= 11 is 1.76. The van der Waals surface area contributed by atoms with Crippen LogP contribution in [-0.2, 0) is 0 Å². The fraction of sp³-hybridized carbons (Fsp3) is 0.500. The summed E-state index contributed by atoms with van der Waals surface area (Å²) in [6, 6.07) is 6.18. The van der Waals surface area contributed by atoms with Gasteiger partial charge in [0.05, 0.1) is 16.8 Å². The third-order valence-electron chi connectivity index (χ3n) is 3.21. The molecule has 1 fully saturated rings. The zero-order valence-electron chi connectivity index (χ0n) is 11.2. The number of nitrogens with zero attached hydrogens (tertiary/aromatic N) is 2. The van der Waals surface area contributed by atoms with Crippen molar-refractivity contribution in [3.63, 3.8) is 0 Å². The Hall–Kier alpha value is -1.33. The Morgan fingerprint density at radius 2 is 2.21 bits per heavy atom. The number of aromatic nitrogens is 1. The lowest BCUT2D eigenvalue weighted by Crippen LogP contribution is -2.43. The van der Waals surface area contributed by atoms with Gasteiger partial charge in [0.2, 0.25) is 0 Å². The normalized spacial score (nSPS) is 15.9. The molecule has 102 valence electrons. The highest BCUT2D eigenvalue weighted by Crippen LogP contribution is 2.31. The van der Waals surface area contributed by atoms with Crippen LogP contribution in [0.2, 0.25) is 0 Å². The zero-order chi connectivity index (χ0) is 13.1. The zero-order valence-corrected chi connectivity index (χ0v) is 12.0. The number of nitrogens with one attached hydrogen (secondary N) is 1. The average Bonchev–Trinajstić information content (AvgIpc) is 2.89. The molecule has 2 heterocycles. The van der Waals surface area contributed by atoms with E-state index in [1.54, 1.807) is 11.3 Å². The standard InChI is InChI=1S/C14H19N3OS/c1-2-9-18-11-3-4-12-13(10-11)19-14(16-12)17-7-5-15-6-8-17/h3-4,10,15H,2,5-9H2,1H3. The lowest BCUT2D eigenvalue weighted by atomic mass is 10.3. The number of hydrogen-bond donors (Lipinski definition) is 1. The first-order chi connectivity index (χ1) is 9.36. The van der Waals surface area contributed by atoms with Gasteiger partial charge < -0.3 is 15.0 Å². The summed E-state index contributed by atoms with van der Waals surface area (Å²) in [7, 11) is 0. The fourth-order valence-corrected chi connectivity index (χ4v) is 3.24. The molecular weight excluding hydrogens is 258 g/mol. The van der Waals surface area contributed by atoms with Gasteiger partial charge in [-0.2, -0.15) is 0 Å². The van der Waals surface area contributed by atoms with Crippen LogP contribution in [0.1, 0.15) is 13.3 Å². The minimum atomic E-state index is 0.773. The van der Waals surface area contributed by atoms with Crippen LogP contribution in [0.15, 0.2) is 18.2 Å². The molecule has 0 amide bonds. The van der Waals surface area contributed by atoms with Crippen molar-refractivity contribution in [2.75, 3.05) is 37.7 Å². The molecule has 0 bridgehead atoms. The Morgan fingerprint density at radius 3 is 3.00 bits per heavy atom. The van der Waals surface area contributed by atoms with E-state index in [0.29, 0.717) is 0 Å². The molecule has 1 aliphatic heterocycles. The minimum Gasteiger partial charge on any atom is -0.494 e. The van der Waals surface area contributed by atoms with Crippen LogP contribution in [0.25, 0.3) is 10.2 Å². The van der Waals surface area contributed by atoms with Crippen LogP contribution >= 0.6 is 11.3 Å². The summed E-state index contributed by atoms with van der Waals surface area (Å²) in [5, 5.41) is 4.49. The Kier molecular flexibility index (Phi) is 3.84. The van der Waals surface area contributed by atoms with Gasteiger partial charge in [0, 0.05) is 26.2 Å². The molecule has 1 aliphatic rings. The quantitative estimate of drug-likeness (QED) is 0.931. The van der Waals surface area contributed by atoms with Crippen molar-refractivity contribution >= 4 is 26.7 Å². The molecular formula is C14H19N3OS. The van der Waals surface area contributed by atoms with E-state index in [-0.39, 0.29) is 0 Å². The molecule has 3 rings (SSSR count). The van der Waals surface area contributed by atoms with Gasteiger partial charge in [0.25, 0.3) is 0 Å². The van der Waals surface area contributed by atoms with Crippen LogP contribution in [0, 0.1) is 0 Å². The molecule has 5 heteroatoms. The number of ether oxygens (including phenoxy) is 1. The maximum atomic E-state index is 5.67. The molecule has 0 radical (unpaired) electrons. The van der Waals surface area contributed by atoms with Crippen LogP contribution in [0.3, 0.4) is 0 Å². The maximum Gasteiger partial charge on any atom is 0.186 e. The number of thiazole rings is 1. The molecule has 19 heavy (non-hydrogen) atoms. The molecule has 4 nitrogen and oxygen atoms in total. The van der Waals surface area contributed by atoms with E-state index in [9.17, 15) is 0 Å². The molecule has 0 aliphatic carbocycles.